The smallest absolute Gasteiger partial charge is 0.550 e. The molecule has 1 atom stereocenters. The van der Waals surface area contributed by atoms with Crippen molar-refractivity contribution in [2.75, 3.05) is 0 Å². The second kappa shape index (κ2) is 7.11. The van der Waals surface area contributed by atoms with E-state index >= 15 is 0 Å². The number of hydrogen-bond acceptors (Lipinski definition) is 5. The second-order valence-electron chi connectivity index (χ2n) is 2.19. The van der Waals surface area contributed by atoms with Gasteiger partial charge in [-0.25, -0.2) is 0 Å². The largest absolute Gasteiger partial charge is 2.00 e. The maximum absolute atomic E-state index is 10.1. The van der Waals surface area contributed by atoms with Crippen molar-refractivity contribution in [3.05, 3.63) is 0 Å². The molecule has 0 heterocycles. The molecular weight excluding hydrogens is 208 g/mol. The molecule has 0 aliphatic carbocycles. The summed E-state index contributed by atoms with van der Waals surface area (Å²) in [5.74, 6) is -6.20. The normalized spacial score (nSPS) is 11.1. The van der Waals surface area contributed by atoms with Crippen LogP contribution in [0.25, 0.3) is 0 Å². The Morgan fingerprint density at radius 1 is 1.15 bits per heavy atom. The summed E-state index contributed by atoms with van der Waals surface area (Å²) in [6.45, 7) is 0. The molecule has 0 aliphatic rings. The molecule has 0 aliphatic heterocycles. The van der Waals surface area contributed by atoms with Gasteiger partial charge in [-0.1, -0.05) is 0 Å². The minimum atomic E-state index is -1.69. The first-order valence-electron chi connectivity index (χ1n) is 3.06. The Hall–Kier alpha value is -0.330. The summed E-state index contributed by atoms with van der Waals surface area (Å²) in [6.07, 6.45) is -1.61. The Balaban J connectivity index is 0. The fraction of sp³-hybridized carbons (Fsp3) is 0.500. The van der Waals surface area contributed by atoms with E-state index in [-0.39, 0.29) is 37.7 Å². The monoisotopic (exact) mass is 214 g/mol. The van der Waals surface area contributed by atoms with E-state index in [9.17, 15) is 24.6 Å². The van der Waals surface area contributed by atoms with Gasteiger partial charge in [0.1, 0.15) is 0 Å². The fourth-order valence-electron chi connectivity index (χ4n) is 0.651. The number of aliphatic carboxylic acids is 3. The summed E-state index contributed by atoms with van der Waals surface area (Å²) >= 11 is 0. The van der Waals surface area contributed by atoms with Gasteiger partial charge in [0.05, 0.1) is 6.42 Å². The SMILES string of the molecule is O=C([O-])CC(CC(=O)O)C(=O)[O-].[Ca+2]. The van der Waals surface area contributed by atoms with E-state index in [4.69, 9.17) is 5.11 Å². The second-order valence-corrected chi connectivity index (χ2v) is 2.19. The van der Waals surface area contributed by atoms with E-state index in [1.54, 1.807) is 0 Å². The molecule has 1 N–H and O–H groups in total. The third-order valence-electron chi connectivity index (χ3n) is 1.17. The molecule has 13 heavy (non-hydrogen) atoms. The van der Waals surface area contributed by atoms with Gasteiger partial charge < -0.3 is 24.9 Å². The first-order valence-corrected chi connectivity index (χ1v) is 3.06. The van der Waals surface area contributed by atoms with Crippen molar-refractivity contribution in [1.82, 2.24) is 0 Å². The van der Waals surface area contributed by atoms with E-state index in [2.05, 4.69) is 0 Å². The minimum absolute atomic E-state index is 0. The van der Waals surface area contributed by atoms with Gasteiger partial charge in [0, 0.05) is 17.9 Å². The van der Waals surface area contributed by atoms with Crippen molar-refractivity contribution in [2.45, 2.75) is 12.8 Å². The van der Waals surface area contributed by atoms with Crippen LogP contribution in [0.15, 0.2) is 0 Å². The molecular formula is C6H6CaO6. The average Bonchev–Trinajstić information content (AvgIpc) is 1.83. The summed E-state index contributed by atoms with van der Waals surface area (Å²) < 4.78 is 0. The molecule has 0 aromatic heterocycles. The Labute approximate surface area is 104 Å². The molecule has 0 fully saturated rings. The molecule has 0 bridgehead atoms. The molecule has 7 heteroatoms. The van der Waals surface area contributed by atoms with Crippen LogP contribution < -0.4 is 10.2 Å². The van der Waals surface area contributed by atoms with Gasteiger partial charge in [-0.15, -0.1) is 0 Å². The molecule has 0 saturated heterocycles. The number of carboxylic acid groups (broad SMARTS) is 3. The van der Waals surface area contributed by atoms with E-state index < -0.39 is 36.7 Å². The van der Waals surface area contributed by atoms with Gasteiger partial charge in [-0.05, 0) is 6.42 Å². The average molecular weight is 214 g/mol. The molecule has 1 unspecified atom stereocenters. The Bertz CT molecular complexity index is 197. The molecule has 0 spiro atoms. The van der Waals surface area contributed by atoms with Gasteiger partial charge in [0.2, 0.25) is 0 Å². The zero-order chi connectivity index (χ0) is 9.72. The zero-order valence-corrected chi connectivity index (χ0v) is 8.90. The third kappa shape index (κ3) is 8.01. The van der Waals surface area contributed by atoms with Crippen molar-refractivity contribution < 1.29 is 29.7 Å². The first kappa shape index (κ1) is 15.2. The molecule has 0 radical (unpaired) electrons. The molecule has 0 amide bonds. The summed E-state index contributed by atoms with van der Waals surface area (Å²) in [4.78, 5) is 30.0. The standard InChI is InChI=1S/C6H8O6.Ca/c7-4(8)1-3(6(11)12)2-5(9)10;/h3H,1-2H2,(H,7,8)(H,9,10)(H,11,12);/q;+2/p-2. The number of carbonyl (C=O) groups is 3. The summed E-state index contributed by atoms with van der Waals surface area (Å²) in [6, 6.07) is 0. The summed E-state index contributed by atoms with van der Waals surface area (Å²) in [7, 11) is 0. The van der Waals surface area contributed by atoms with Crippen LogP contribution in [-0.2, 0) is 14.4 Å². The Morgan fingerprint density at radius 2 is 1.62 bits per heavy atom. The van der Waals surface area contributed by atoms with Gasteiger partial charge in [-0.3, -0.25) is 4.79 Å². The number of hydrogen-bond donors (Lipinski definition) is 1. The predicted molar refractivity (Wildman–Crippen MR) is 36.1 cm³/mol. The summed E-state index contributed by atoms with van der Waals surface area (Å²) in [5.41, 5.74) is 0. The maximum atomic E-state index is 10.1. The van der Waals surface area contributed by atoms with Crippen LogP contribution in [0.5, 0.6) is 0 Å². The van der Waals surface area contributed by atoms with Gasteiger partial charge in [0.15, 0.2) is 0 Å². The van der Waals surface area contributed by atoms with Crippen LogP contribution in [0, 0.1) is 5.92 Å². The van der Waals surface area contributed by atoms with E-state index in [1.165, 1.54) is 0 Å². The van der Waals surface area contributed by atoms with E-state index in [0.29, 0.717) is 0 Å². The van der Waals surface area contributed by atoms with Crippen LogP contribution in [0.4, 0.5) is 0 Å². The predicted octanol–water partition coefficient (Wildman–Crippen LogP) is -3.41. The van der Waals surface area contributed by atoms with Crippen molar-refractivity contribution in [3.63, 3.8) is 0 Å². The Morgan fingerprint density at radius 3 is 1.85 bits per heavy atom. The molecule has 68 valence electrons. The van der Waals surface area contributed by atoms with Crippen LogP contribution in [0.1, 0.15) is 12.8 Å². The molecule has 0 saturated carbocycles. The number of carbonyl (C=O) groups excluding carboxylic acids is 2. The van der Waals surface area contributed by atoms with Gasteiger partial charge in [-0.2, -0.15) is 0 Å². The minimum Gasteiger partial charge on any atom is -0.550 e. The molecule has 6 nitrogen and oxygen atoms in total. The number of rotatable bonds is 5. The van der Waals surface area contributed by atoms with Crippen LogP contribution in [0.3, 0.4) is 0 Å². The molecule has 0 rings (SSSR count). The molecule has 0 aromatic carbocycles. The summed E-state index contributed by atoms with van der Waals surface area (Å²) in [5, 5.41) is 28.1. The van der Waals surface area contributed by atoms with Crippen molar-refractivity contribution in [3.8, 4) is 0 Å². The molecule has 0 aromatic rings. The quantitative estimate of drug-likeness (QED) is 0.476. The van der Waals surface area contributed by atoms with Crippen molar-refractivity contribution >= 4 is 55.6 Å². The van der Waals surface area contributed by atoms with E-state index in [1.807, 2.05) is 0 Å². The first-order chi connectivity index (χ1) is 5.43. The van der Waals surface area contributed by atoms with Crippen molar-refractivity contribution in [2.24, 2.45) is 5.92 Å². The zero-order valence-electron chi connectivity index (χ0n) is 6.69. The maximum Gasteiger partial charge on any atom is 2.00 e. The van der Waals surface area contributed by atoms with Gasteiger partial charge >= 0.3 is 43.7 Å². The Kier molecular flexibility index (Phi) is 8.29. The van der Waals surface area contributed by atoms with Gasteiger partial charge in [0.25, 0.3) is 0 Å². The van der Waals surface area contributed by atoms with Crippen LogP contribution >= 0.6 is 0 Å². The van der Waals surface area contributed by atoms with Crippen molar-refractivity contribution in [1.29, 1.82) is 0 Å². The van der Waals surface area contributed by atoms with E-state index in [0.717, 1.165) is 0 Å². The topological polar surface area (TPSA) is 118 Å². The number of carboxylic acids is 3. The third-order valence-corrected chi connectivity index (χ3v) is 1.17. The fourth-order valence-corrected chi connectivity index (χ4v) is 0.651. The van der Waals surface area contributed by atoms with Crippen LogP contribution in [-0.4, -0.2) is 60.8 Å². The van der Waals surface area contributed by atoms with Crippen LogP contribution in [0.2, 0.25) is 0 Å².